The van der Waals surface area contributed by atoms with Gasteiger partial charge in [-0.3, -0.25) is 0 Å². The monoisotopic (exact) mass is 312 g/mol. The van der Waals surface area contributed by atoms with Gasteiger partial charge in [0, 0.05) is 16.1 Å². The lowest BCUT2D eigenvalue weighted by atomic mass is 10.0. The molecule has 0 fully saturated rings. The molecular formula is C18H17FN2S. The molecule has 1 N–H and O–H groups in total. The first-order valence-corrected chi connectivity index (χ1v) is 7.92. The van der Waals surface area contributed by atoms with Crippen molar-refractivity contribution >= 4 is 22.2 Å². The number of thiazole rings is 1. The summed E-state index contributed by atoms with van der Waals surface area (Å²) in [6, 6.07) is 12.7. The average molecular weight is 312 g/mol. The van der Waals surface area contributed by atoms with Gasteiger partial charge in [-0.1, -0.05) is 23.8 Å². The summed E-state index contributed by atoms with van der Waals surface area (Å²) in [5.41, 5.74) is 5.47. The topological polar surface area (TPSA) is 24.9 Å². The molecule has 4 heteroatoms. The number of aromatic nitrogens is 1. The van der Waals surface area contributed by atoms with Gasteiger partial charge in [0.25, 0.3) is 0 Å². The third-order valence-electron chi connectivity index (χ3n) is 3.53. The van der Waals surface area contributed by atoms with E-state index in [1.165, 1.54) is 23.3 Å². The number of hydrogen-bond donors (Lipinski definition) is 1. The van der Waals surface area contributed by atoms with Crippen molar-refractivity contribution in [2.75, 3.05) is 5.32 Å². The van der Waals surface area contributed by atoms with E-state index in [0.717, 1.165) is 27.0 Å². The minimum absolute atomic E-state index is 0.239. The summed E-state index contributed by atoms with van der Waals surface area (Å²) in [4.78, 5) is 5.87. The van der Waals surface area contributed by atoms with Crippen molar-refractivity contribution in [2.45, 2.75) is 20.8 Å². The molecule has 0 unspecified atom stereocenters. The predicted molar refractivity (Wildman–Crippen MR) is 91.4 cm³/mol. The zero-order valence-electron chi connectivity index (χ0n) is 12.8. The minimum atomic E-state index is -0.239. The molecule has 3 rings (SSSR count). The van der Waals surface area contributed by atoms with Crippen LogP contribution in [-0.2, 0) is 0 Å². The SMILES string of the molecule is Cc1ccc(-c2nc(Nc3ccc(F)cc3)sc2C)c(C)c1. The van der Waals surface area contributed by atoms with Gasteiger partial charge in [-0.25, -0.2) is 9.37 Å². The molecule has 112 valence electrons. The molecule has 22 heavy (non-hydrogen) atoms. The Morgan fingerprint density at radius 2 is 1.73 bits per heavy atom. The van der Waals surface area contributed by atoms with E-state index in [1.54, 1.807) is 23.5 Å². The van der Waals surface area contributed by atoms with Gasteiger partial charge in [-0.2, -0.15) is 0 Å². The molecule has 0 saturated heterocycles. The fourth-order valence-electron chi connectivity index (χ4n) is 2.44. The van der Waals surface area contributed by atoms with Crippen LogP contribution in [0.3, 0.4) is 0 Å². The first-order valence-electron chi connectivity index (χ1n) is 7.10. The smallest absolute Gasteiger partial charge is 0.187 e. The summed E-state index contributed by atoms with van der Waals surface area (Å²) in [7, 11) is 0. The number of benzene rings is 2. The van der Waals surface area contributed by atoms with Gasteiger partial charge in [0.2, 0.25) is 0 Å². The van der Waals surface area contributed by atoms with Crippen LogP contribution in [0.2, 0.25) is 0 Å². The van der Waals surface area contributed by atoms with Crippen LogP contribution in [-0.4, -0.2) is 4.98 Å². The zero-order chi connectivity index (χ0) is 15.7. The lowest BCUT2D eigenvalue weighted by Gasteiger charge is -2.05. The number of aryl methyl sites for hydroxylation is 3. The Morgan fingerprint density at radius 1 is 1.00 bits per heavy atom. The van der Waals surface area contributed by atoms with Crippen molar-refractivity contribution in [3.8, 4) is 11.3 Å². The van der Waals surface area contributed by atoms with Gasteiger partial charge in [0.15, 0.2) is 5.13 Å². The van der Waals surface area contributed by atoms with E-state index in [1.807, 2.05) is 0 Å². The maximum absolute atomic E-state index is 13.0. The van der Waals surface area contributed by atoms with Crippen molar-refractivity contribution in [1.29, 1.82) is 0 Å². The van der Waals surface area contributed by atoms with E-state index in [2.05, 4.69) is 44.3 Å². The average Bonchev–Trinajstić information content (AvgIpc) is 2.82. The standard InChI is InChI=1S/C18H17FN2S/c1-11-4-9-16(12(2)10-11)17-13(3)22-18(21-17)20-15-7-5-14(19)6-8-15/h4-10H,1-3H3,(H,20,21). The zero-order valence-corrected chi connectivity index (χ0v) is 13.6. The molecule has 0 amide bonds. The second kappa shape index (κ2) is 5.89. The van der Waals surface area contributed by atoms with Gasteiger partial charge in [0.05, 0.1) is 5.69 Å². The number of nitrogens with one attached hydrogen (secondary N) is 1. The van der Waals surface area contributed by atoms with E-state index in [9.17, 15) is 4.39 Å². The van der Waals surface area contributed by atoms with E-state index in [0.29, 0.717) is 0 Å². The fraction of sp³-hybridized carbons (Fsp3) is 0.167. The summed E-state index contributed by atoms with van der Waals surface area (Å²) in [6.07, 6.45) is 0. The Labute approximate surface area is 133 Å². The van der Waals surface area contributed by atoms with E-state index in [4.69, 9.17) is 4.98 Å². The van der Waals surface area contributed by atoms with Crippen LogP contribution in [0.4, 0.5) is 15.2 Å². The van der Waals surface area contributed by atoms with Crippen molar-refractivity contribution in [3.05, 3.63) is 64.3 Å². The fourth-order valence-corrected chi connectivity index (χ4v) is 3.28. The quantitative estimate of drug-likeness (QED) is 0.679. The highest BCUT2D eigenvalue weighted by Crippen LogP contribution is 2.33. The van der Waals surface area contributed by atoms with Crippen molar-refractivity contribution in [2.24, 2.45) is 0 Å². The molecule has 0 aliphatic heterocycles. The molecular weight excluding hydrogens is 295 g/mol. The molecule has 1 aromatic heterocycles. The van der Waals surface area contributed by atoms with Gasteiger partial charge < -0.3 is 5.32 Å². The third kappa shape index (κ3) is 3.02. The Hall–Kier alpha value is -2.20. The van der Waals surface area contributed by atoms with Gasteiger partial charge in [-0.05, 0) is 50.6 Å². The lowest BCUT2D eigenvalue weighted by Crippen LogP contribution is -1.90. The first kappa shape index (κ1) is 14.7. The molecule has 2 nitrogen and oxygen atoms in total. The molecule has 0 saturated carbocycles. The number of rotatable bonds is 3. The second-order valence-electron chi connectivity index (χ2n) is 5.37. The highest BCUT2D eigenvalue weighted by atomic mass is 32.1. The van der Waals surface area contributed by atoms with Crippen molar-refractivity contribution < 1.29 is 4.39 Å². The largest absolute Gasteiger partial charge is 0.332 e. The maximum atomic E-state index is 13.0. The lowest BCUT2D eigenvalue weighted by molar-refractivity contribution is 0.628. The van der Waals surface area contributed by atoms with Crippen molar-refractivity contribution in [1.82, 2.24) is 4.98 Å². The number of halogens is 1. The molecule has 1 heterocycles. The Morgan fingerprint density at radius 3 is 2.41 bits per heavy atom. The Balaban J connectivity index is 1.92. The van der Waals surface area contributed by atoms with Crippen molar-refractivity contribution in [3.63, 3.8) is 0 Å². The minimum Gasteiger partial charge on any atom is -0.332 e. The second-order valence-corrected chi connectivity index (χ2v) is 6.58. The number of hydrogen-bond acceptors (Lipinski definition) is 3. The van der Waals surface area contributed by atoms with E-state index >= 15 is 0 Å². The summed E-state index contributed by atoms with van der Waals surface area (Å²) in [5.74, 6) is -0.239. The van der Waals surface area contributed by atoms with Crippen LogP contribution >= 0.6 is 11.3 Å². The third-order valence-corrected chi connectivity index (χ3v) is 4.42. The molecule has 0 bridgehead atoms. The van der Waals surface area contributed by atoms with Crippen LogP contribution in [0.15, 0.2) is 42.5 Å². The van der Waals surface area contributed by atoms with Gasteiger partial charge >= 0.3 is 0 Å². The molecule has 2 aromatic carbocycles. The van der Waals surface area contributed by atoms with E-state index in [-0.39, 0.29) is 5.82 Å². The van der Waals surface area contributed by atoms with Gasteiger partial charge in [0.1, 0.15) is 5.82 Å². The van der Waals surface area contributed by atoms with Crippen LogP contribution < -0.4 is 5.32 Å². The molecule has 0 spiro atoms. The molecule has 0 aliphatic carbocycles. The molecule has 0 atom stereocenters. The normalized spacial score (nSPS) is 10.7. The molecule has 3 aromatic rings. The summed E-state index contributed by atoms with van der Waals surface area (Å²) >= 11 is 1.61. The van der Waals surface area contributed by atoms with Crippen LogP contribution in [0.5, 0.6) is 0 Å². The molecule has 0 radical (unpaired) electrons. The first-order chi connectivity index (χ1) is 10.5. The Bertz CT molecular complexity index is 806. The number of nitrogens with zero attached hydrogens (tertiary/aromatic N) is 1. The summed E-state index contributed by atoms with van der Waals surface area (Å²) in [6.45, 7) is 6.27. The predicted octanol–water partition coefficient (Wildman–Crippen LogP) is 5.62. The van der Waals surface area contributed by atoms with Crippen LogP contribution in [0.1, 0.15) is 16.0 Å². The summed E-state index contributed by atoms with van der Waals surface area (Å²) < 4.78 is 13.0. The van der Waals surface area contributed by atoms with E-state index < -0.39 is 0 Å². The number of anilines is 2. The highest BCUT2D eigenvalue weighted by Gasteiger charge is 2.12. The van der Waals surface area contributed by atoms with Crippen LogP contribution in [0.25, 0.3) is 11.3 Å². The molecule has 0 aliphatic rings. The maximum Gasteiger partial charge on any atom is 0.187 e. The highest BCUT2D eigenvalue weighted by molar-refractivity contribution is 7.16. The summed E-state index contributed by atoms with van der Waals surface area (Å²) in [5, 5.41) is 4.05. The van der Waals surface area contributed by atoms with Gasteiger partial charge in [-0.15, -0.1) is 11.3 Å². The Kier molecular flexibility index (Phi) is 3.94. The van der Waals surface area contributed by atoms with Crippen LogP contribution in [0, 0.1) is 26.6 Å².